The number of anilines is 1. The Bertz CT molecular complexity index is 1170. The Morgan fingerprint density at radius 3 is 2.58 bits per heavy atom. The van der Waals surface area contributed by atoms with Crippen molar-refractivity contribution in [3.63, 3.8) is 0 Å². The minimum absolute atomic E-state index is 0.152. The number of imidazole rings is 1. The first-order valence-corrected chi connectivity index (χ1v) is 11.3. The molecule has 0 bridgehead atoms. The molecule has 0 fully saturated rings. The molecule has 7 heteroatoms. The summed E-state index contributed by atoms with van der Waals surface area (Å²) < 4.78 is 1.99. The molecule has 2 aromatic heterocycles. The van der Waals surface area contributed by atoms with Crippen molar-refractivity contribution in [3.8, 4) is 11.3 Å². The van der Waals surface area contributed by atoms with E-state index in [0.29, 0.717) is 30.8 Å². The van der Waals surface area contributed by atoms with E-state index in [1.54, 1.807) is 23.9 Å². The normalized spacial score (nSPS) is 10.9. The largest absolute Gasteiger partial charge is 0.365 e. The molecule has 4 N–H and O–H groups in total. The van der Waals surface area contributed by atoms with E-state index in [4.69, 9.17) is 10.7 Å². The molecular formula is C24H25N5OS. The lowest BCUT2D eigenvalue weighted by molar-refractivity contribution is 0.0954. The van der Waals surface area contributed by atoms with E-state index >= 15 is 0 Å². The molecule has 4 aromatic rings. The molecule has 0 radical (unpaired) electrons. The summed E-state index contributed by atoms with van der Waals surface area (Å²) in [6, 6.07) is 22.2. The predicted octanol–water partition coefficient (Wildman–Crippen LogP) is 4.02. The maximum atomic E-state index is 12.4. The second kappa shape index (κ2) is 9.68. The van der Waals surface area contributed by atoms with Crippen molar-refractivity contribution in [1.82, 2.24) is 14.7 Å². The van der Waals surface area contributed by atoms with Gasteiger partial charge in [-0.05, 0) is 36.1 Å². The van der Waals surface area contributed by atoms with Crippen LogP contribution in [0.1, 0.15) is 15.9 Å². The Labute approximate surface area is 185 Å². The summed E-state index contributed by atoms with van der Waals surface area (Å²) in [5.74, 6) is 0.741. The van der Waals surface area contributed by atoms with Crippen LogP contribution in [0.5, 0.6) is 0 Å². The smallest absolute Gasteiger partial charge is 0.251 e. The average Bonchev–Trinajstić information content (AvgIpc) is 3.19. The highest BCUT2D eigenvalue weighted by Gasteiger charge is 2.16. The molecule has 2 aromatic carbocycles. The van der Waals surface area contributed by atoms with Crippen molar-refractivity contribution in [2.75, 3.05) is 24.7 Å². The van der Waals surface area contributed by atoms with Crippen LogP contribution in [0.4, 0.5) is 5.82 Å². The zero-order chi connectivity index (χ0) is 21.6. The monoisotopic (exact) mass is 431 g/mol. The third-order valence-corrected chi connectivity index (χ3v) is 5.73. The van der Waals surface area contributed by atoms with Gasteiger partial charge in [0.1, 0.15) is 17.2 Å². The molecule has 0 saturated carbocycles. The summed E-state index contributed by atoms with van der Waals surface area (Å²) in [6.07, 6.45) is 3.94. The summed E-state index contributed by atoms with van der Waals surface area (Å²) >= 11 is 1.71. The topological polar surface area (TPSA) is 84.5 Å². The van der Waals surface area contributed by atoms with Crippen LogP contribution in [0.15, 0.2) is 77.8 Å². The second-order valence-corrected chi connectivity index (χ2v) is 7.94. The number of aromatic nitrogens is 2. The number of benzene rings is 2. The molecule has 158 valence electrons. The number of pyridine rings is 1. The van der Waals surface area contributed by atoms with E-state index in [1.807, 2.05) is 28.8 Å². The molecule has 0 aliphatic carbocycles. The van der Waals surface area contributed by atoms with Gasteiger partial charge >= 0.3 is 0 Å². The van der Waals surface area contributed by atoms with E-state index in [-0.39, 0.29) is 5.91 Å². The molecule has 6 nitrogen and oxygen atoms in total. The molecular weight excluding hydrogens is 406 g/mol. The number of nitrogens with zero attached hydrogens (tertiary/aromatic N) is 2. The van der Waals surface area contributed by atoms with Crippen LogP contribution in [-0.2, 0) is 6.54 Å². The van der Waals surface area contributed by atoms with Gasteiger partial charge in [-0.2, -0.15) is 0 Å². The number of nitrogens with two attached hydrogens (primary N) is 1. The van der Waals surface area contributed by atoms with Crippen molar-refractivity contribution in [1.29, 1.82) is 0 Å². The van der Waals surface area contributed by atoms with Gasteiger partial charge < -0.3 is 16.4 Å². The predicted molar refractivity (Wildman–Crippen MR) is 128 cm³/mol. The lowest BCUT2D eigenvalue weighted by atomic mass is 10.1. The number of rotatable bonds is 8. The van der Waals surface area contributed by atoms with Crippen LogP contribution < -0.4 is 16.4 Å². The second-order valence-electron chi connectivity index (χ2n) is 7.06. The molecule has 0 spiro atoms. The van der Waals surface area contributed by atoms with E-state index < -0.39 is 0 Å². The van der Waals surface area contributed by atoms with Gasteiger partial charge in [-0.3, -0.25) is 9.20 Å². The summed E-state index contributed by atoms with van der Waals surface area (Å²) in [5, 5.41) is 6.35. The summed E-state index contributed by atoms with van der Waals surface area (Å²) in [5.41, 5.74) is 9.81. The van der Waals surface area contributed by atoms with Crippen LogP contribution in [0.3, 0.4) is 0 Å². The van der Waals surface area contributed by atoms with Gasteiger partial charge in [0.25, 0.3) is 5.91 Å². The molecule has 0 aliphatic rings. The highest BCUT2D eigenvalue weighted by Crippen LogP contribution is 2.31. The Kier molecular flexibility index (Phi) is 6.54. The average molecular weight is 432 g/mol. The Morgan fingerprint density at radius 2 is 1.87 bits per heavy atom. The Balaban J connectivity index is 1.73. The van der Waals surface area contributed by atoms with Crippen molar-refractivity contribution >= 4 is 29.1 Å². The molecule has 0 unspecified atom stereocenters. The highest BCUT2D eigenvalue weighted by atomic mass is 32.2. The van der Waals surface area contributed by atoms with E-state index in [9.17, 15) is 4.79 Å². The Hall–Kier alpha value is -3.29. The first kappa shape index (κ1) is 21.0. The number of fused-ring (bicyclic) bond motifs is 1. The van der Waals surface area contributed by atoms with Gasteiger partial charge in [0.15, 0.2) is 0 Å². The van der Waals surface area contributed by atoms with E-state index in [1.165, 1.54) is 10.5 Å². The van der Waals surface area contributed by atoms with Gasteiger partial charge in [0.2, 0.25) is 0 Å². The van der Waals surface area contributed by atoms with Crippen LogP contribution in [0.2, 0.25) is 0 Å². The van der Waals surface area contributed by atoms with E-state index in [2.05, 4.69) is 53.3 Å². The quantitative estimate of drug-likeness (QED) is 0.367. The first-order valence-electron chi connectivity index (χ1n) is 10.1. The van der Waals surface area contributed by atoms with Crippen LogP contribution in [-0.4, -0.2) is 34.6 Å². The maximum absolute atomic E-state index is 12.4. The first-order chi connectivity index (χ1) is 15.2. The van der Waals surface area contributed by atoms with Crippen LogP contribution in [0, 0.1) is 0 Å². The summed E-state index contributed by atoms with van der Waals surface area (Å²) in [6.45, 7) is 1.51. The Morgan fingerprint density at radius 1 is 1.10 bits per heavy atom. The fourth-order valence-electron chi connectivity index (χ4n) is 3.37. The van der Waals surface area contributed by atoms with Gasteiger partial charge in [0, 0.05) is 41.9 Å². The third-order valence-electron chi connectivity index (χ3n) is 4.98. The maximum Gasteiger partial charge on any atom is 0.251 e. The number of thioether (sulfide) groups is 1. The molecule has 4 rings (SSSR count). The van der Waals surface area contributed by atoms with Crippen molar-refractivity contribution in [2.24, 2.45) is 5.73 Å². The standard InChI is InChI=1S/C24H25N5OS/c1-31-20-9-7-18(8-10-20)22-23(27-16-17-5-3-2-4-6-17)29-14-11-19(15-21(29)28-22)24(30)26-13-12-25/h2-11,14-15,27H,12-13,16,25H2,1H3,(H,26,30). The van der Waals surface area contributed by atoms with Crippen molar-refractivity contribution in [2.45, 2.75) is 11.4 Å². The molecule has 0 saturated heterocycles. The number of carbonyl (C=O) groups excluding carboxylic acids is 1. The number of hydrogen-bond acceptors (Lipinski definition) is 5. The lowest BCUT2D eigenvalue weighted by Crippen LogP contribution is -2.29. The number of carbonyl (C=O) groups is 1. The molecule has 31 heavy (non-hydrogen) atoms. The number of nitrogens with one attached hydrogen (secondary N) is 2. The van der Waals surface area contributed by atoms with Gasteiger partial charge in [-0.15, -0.1) is 11.8 Å². The third kappa shape index (κ3) is 4.73. The fourth-order valence-corrected chi connectivity index (χ4v) is 3.78. The minimum atomic E-state index is -0.152. The van der Waals surface area contributed by atoms with Crippen LogP contribution >= 0.6 is 11.8 Å². The van der Waals surface area contributed by atoms with Crippen LogP contribution in [0.25, 0.3) is 16.9 Å². The SMILES string of the molecule is CSc1ccc(-c2nc3cc(C(=O)NCCN)ccn3c2NCc2ccccc2)cc1. The van der Waals surface area contributed by atoms with Crippen molar-refractivity contribution < 1.29 is 4.79 Å². The van der Waals surface area contributed by atoms with E-state index in [0.717, 1.165) is 17.1 Å². The van der Waals surface area contributed by atoms with Gasteiger partial charge in [-0.1, -0.05) is 42.5 Å². The van der Waals surface area contributed by atoms with Gasteiger partial charge in [0.05, 0.1) is 0 Å². The summed E-state index contributed by atoms with van der Waals surface area (Å²) in [7, 11) is 0. The highest BCUT2D eigenvalue weighted by molar-refractivity contribution is 7.98. The van der Waals surface area contributed by atoms with Gasteiger partial charge in [-0.25, -0.2) is 4.98 Å². The molecule has 0 atom stereocenters. The zero-order valence-electron chi connectivity index (χ0n) is 17.3. The fraction of sp³-hybridized carbons (Fsp3) is 0.167. The lowest BCUT2D eigenvalue weighted by Gasteiger charge is -2.10. The molecule has 0 aliphatic heterocycles. The number of hydrogen-bond donors (Lipinski definition) is 3. The van der Waals surface area contributed by atoms with Crippen molar-refractivity contribution in [3.05, 3.63) is 84.1 Å². The zero-order valence-corrected chi connectivity index (χ0v) is 18.2. The molecule has 2 heterocycles. The summed E-state index contributed by atoms with van der Waals surface area (Å²) in [4.78, 5) is 18.4. The molecule has 1 amide bonds. The minimum Gasteiger partial charge on any atom is -0.365 e. The number of amides is 1.